The number of rotatable bonds is 7. The van der Waals surface area contributed by atoms with Crippen LogP contribution in [0, 0.1) is 5.92 Å². The Morgan fingerprint density at radius 3 is 2.45 bits per heavy atom. The van der Waals surface area contributed by atoms with Gasteiger partial charge < -0.3 is 10.5 Å². The van der Waals surface area contributed by atoms with Gasteiger partial charge in [-0.05, 0) is 43.9 Å². The highest BCUT2D eigenvalue weighted by molar-refractivity contribution is 7.89. The zero-order valence-corrected chi connectivity index (χ0v) is 13.3. The molecule has 1 unspecified atom stereocenters. The number of anilines is 1. The third-order valence-corrected chi connectivity index (χ3v) is 4.62. The van der Waals surface area contributed by atoms with Gasteiger partial charge in [0.25, 0.3) is 0 Å². The summed E-state index contributed by atoms with van der Waals surface area (Å²) in [5, 5.41) is 0. The Hall–Kier alpha value is -1.27. The number of nitrogens with two attached hydrogens (primary N) is 1. The van der Waals surface area contributed by atoms with Crippen LogP contribution in [-0.4, -0.2) is 21.6 Å². The maximum atomic E-state index is 12.4. The normalized spacial score (nSPS) is 13.4. The zero-order valence-electron chi connectivity index (χ0n) is 12.5. The molecule has 0 aromatic heterocycles. The molecule has 0 aliphatic rings. The van der Waals surface area contributed by atoms with E-state index in [0.717, 1.165) is 12.8 Å². The lowest BCUT2D eigenvalue weighted by Gasteiger charge is -2.17. The van der Waals surface area contributed by atoms with Gasteiger partial charge in [0.15, 0.2) is 0 Å². The molecule has 5 nitrogen and oxygen atoms in total. The van der Waals surface area contributed by atoms with Crippen molar-refractivity contribution in [3.63, 3.8) is 0 Å². The summed E-state index contributed by atoms with van der Waals surface area (Å²) in [6, 6.07) is 4.45. The molecule has 1 aromatic carbocycles. The summed E-state index contributed by atoms with van der Waals surface area (Å²) in [5.41, 5.74) is 6.05. The number of sulfonamides is 1. The first-order valence-electron chi connectivity index (χ1n) is 6.72. The maximum absolute atomic E-state index is 12.4. The number of hydrogen-bond acceptors (Lipinski definition) is 4. The molecule has 114 valence electrons. The highest BCUT2D eigenvalue weighted by Gasteiger charge is 2.22. The van der Waals surface area contributed by atoms with Crippen LogP contribution in [0.4, 0.5) is 5.69 Å². The summed E-state index contributed by atoms with van der Waals surface area (Å²) in [4.78, 5) is 0.0800. The van der Waals surface area contributed by atoms with Crippen molar-refractivity contribution < 1.29 is 13.2 Å². The fourth-order valence-electron chi connectivity index (χ4n) is 1.87. The standard InChI is InChI=1S/C14H24N2O3S/c1-10(2)5-6-11(3)16-20(17,18)14-9-12(15)7-8-13(14)19-4/h7-11,16H,5-6,15H2,1-4H3. The molecule has 1 rings (SSSR count). The van der Waals surface area contributed by atoms with Crippen LogP contribution in [0.15, 0.2) is 23.1 Å². The predicted octanol–water partition coefficient (Wildman–Crippen LogP) is 2.38. The van der Waals surface area contributed by atoms with Crippen molar-refractivity contribution >= 4 is 15.7 Å². The highest BCUT2D eigenvalue weighted by atomic mass is 32.2. The molecule has 0 radical (unpaired) electrons. The van der Waals surface area contributed by atoms with Crippen molar-refractivity contribution in [1.82, 2.24) is 4.72 Å². The summed E-state index contributed by atoms with van der Waals surface area (Å²) >= 11 is 0. The molecule has 1 atom stereocenters. The van der Waals surface area contributed by atoms with E-state index in [1.807, 2.05) is 6.92 Å². The van der Waals surface area contributed by atoms with Gasteiger partial charge >= 0.3 is 0 Å². The van der Waals surface area contributed by atoms with Crippen LogP contribution >= 0.6 is 0 Å². The van der Waals surface area contributed by atoms with Crippen LogP contribution in [0.3, 0.4) is 0 Å². The molecular formula is C14H24N2O3S. The quantitative estimate of drug-likeness (QED) is 0.758. The number of nitrogen functional groups attached to an aromatic ring is 1. The van der Waals surface area contributed by atoms with E-state index in [0.29, 0.717) is 17.4 Å². The first-order chi connectivity index (χ1) is 9.26. The van der Waals surface area contributed by atoms with Crippen LogP contribution in [0.5, 0.6) is 5.75 Å². The SMILES string of the molecule is COc1ccc(N)cc1S(=O)(=O)NC(C)CCC(C)C. The third kappa shape index (κ3) is 4.68. The molecule has 20 heavy (non-hydrogen) atoms. The molecule has 0 amide bonds. The Balaban J connectivity index is 2.91. The van der Waals surface area contributed by atoms with Gasteiger partial charge in [-0.3, -0.25) is 0 Å². The number of hydrogen-bond donors (Lipinski definition) is 2. The molecule has 0 aliphatic heterocycles. The lowest BCUT2D eigenvalue weighted by atomic mass is 10.1. The number of methoxy groups -OCH3 is 1. The lowest BCUT2D eigenvalue weighted by Crippen LogP contribution is -2.33. The number of ether oxygens (including phenoxy) is 1. The van der Waals surface area contributed by atoms with E-state index in [1.54, 1.807) is 12.1 Å². The molecule has 0 aliphatic carbocycles. The van der Waals surface area contributed by atoms with E-state index in [4.69, 9.17) is 10.5 Å². The molecule has 3 N–H and O–H groups in total. The third-order valence-electron chi connectivity index (χ3n) is 3.01. The van der Waals surface area contributed by atoms with E-state index in [-0.39, 0.29) is 10.9 Å². The van der Waals surface area contributed by atoms with Crippen LogP contribution in [0.1, 0.15) is 33.6 Å². The van der Waals surface area contributed by atoms with Crippen LogP contribution < -0.4 is 15.2 Å². The van der Waals surface area contributed by atoms with Gasteiger partial charge in [-0.25, -0.2) is 13.1 Å². The summed E-state index contributed by atoms with van der Waals surface area (Å²) in [6.07, 6.45) is 1.76. The topological polar surface area (TPSA) is 81.4 Å². The average Bonchev–Trinajstić information content (AvgIpc) is 2.36. The van der Waals surface area contributed by atoms with E-state index in [1.165, 1.54) is 13.2 Å². The first kappa shape index (κ1) is 16.8. The molecule has 0 saturated heterocycles. The molecule has 1 aromatic rings. The van der Waals surface area contributed by atoms with Gasteiger partial charge in [-0.1, -0.05) is 13.8 Å². The summed E-state index contributed by atoms with van der Waals surface area (Å²) in [7, 11) is -2.19. The van der Waals surface area contributed by atoms with Gasteiger partial charge in [0.2, 0.25) is 10.0 Å². The van der Waals surface area contributed by atoms with E-state index in [9.17, 15) is 8.42 Å². The molecule has 0 bridgehead atoms. The van der Waals surface area contributed by atoms with Gasteiger partial charge in [-0.15, -0.1) is 0 Å². The Labute approximate surface area is 121 Å². The summed E-state index contributed by atoms with van der Waals surface area (Å²) in [6.45, 7) is 6.09. The second kappa shape index (κ2) is 6.95. The Kier molecular flexibility index (Phi) is 5.83. The van der Waals surface area contributed by atoms with Crippen molar-refractivity contribution in [3.05, 3.63) is 18.2 Å². The number of nitrogens with one attached hydrogen (secondary N) is 1. The number of benzene rings is 1. The van der Waals surface area contributed by atoms with Gasteiger partial charge in [0.05, 0.1) is 7.11 Å². The second-order valence-electron chi connectivity index (χ2n) is 5.40. The van der Waals surface area contributed by atoms with Gasteiger partial charge in [0.1, 0.15) is 10.6 Å². The van der Waals surface area contributed by atoms with Crippen molar-refractivity contribution in [2.45, 2.75) is 44.6 Å². The van der Waals surface area contributed by atoms with Crippen molar-refractivity contribution in [3.8, 4) is 5.75 Å². The predicted molar refractivity (Wildman–Crippen MR) is 81.3 cm³/mol. The largest absolute Gasteiger partial charge is 0.495 e. The van der Waals surface area contributed by atoms with Gasteiger partial charge in [-0.2, -0.15) is 0 Å². The molecule has 0 fully saturated rings. The molecule has 0 saturated carbocycles. The van der Waals surface area contributed by atoms with Gasteiger partial charge in [0, 0.05) is 11.7 Å². The fraction of sp³-hybridized carbons (Fsp3) is 0.571. The molecular weight excluding hydrogens is 276 g/mol. The average molecular weight is 300 g/mol. The molecule has 0 spiro atoms. The Bertz CT molecular complexity index is 541. The van der Waals surface area contributed by atoms with Crippen molar-refractivity contribution in [1.29, 1.82) is 0 Å². The monoisotopic (exact) mass is 300 g/mol. The molecule has 0 heterocycles. The lowest BCUT2D eigenvalue weighted by molar-refractivity contribution is 0.401. The first-order valence-corrected chi connectivity index (χ1v) is 8.20. The Morgan fingerprint density at radius 1 is 1.25 bits per heavy atom. The molecule has 6 heteroatoms. The minimum absolute atomic E-state index is 0.0800. The van der Waals surface area contributed by atoms with Crippen molar-refractivity contribution in [2.24, 2.45) is 5.92 Å². The second-order valence-corrected chi connectivity index (χ2v) is 7.09. The minimum Gasteiger partial charge on any atom is -0.495 e. The van der Waals surface area contributed by atoms with E-state index in [2.05, 4.69) is 18.6 Å². The summed E-state index contributed by atoms with van der Waals surface area (Å²) in [5.74, 6) is 0.839. The van der Waals surface area contributed by atoms with Crippen LogP contribution in [0.2, 0.25) is 0 Å². The van der Waals surface area contributed by atoms with Crippen LogP contribution in [-0.2, 0) is 10.0 Å². The van der Waals surface area contributed by atoms with Crippen LogP contribution in [0.25, 0.3) is 0 Å². The summed E-state index contributed by atoms with van der Waals surface area (Å²) < 4.78 is 32.5. The Morgan fingerprint density at radius 2 is 1.90 bits per heavy atom. The maximum Gasteiger partial charge on any atom is 0.244 e. The highest BCUT2D eigenvalue weighted by Crippen LogP contribution is 2.26. The van der Waals surface area contributed by atoms with E-state index < -0.39 is 10.0 Å². The minimum atomic E-state index is -3.63. The van der Waals surface area contributed by atoms with Crippen molar-refractivity contribution in [2.75, 3.05) is 12.8 Å². The smallest absolute Gasteiger partial charge is 0.244 e. The van der Waals surface area contributed by atoms with E-state index >= 15 is 0 Å². The zero-order chi connectivity index (χ0) is 15.3. The fourth-order valence-corrected chi connectivity index (χ4v) is 3.36.